The first-order valence-corrected chi connectivity index (χ1v) is 13.0. The van der Waals surface area contributed by atoms with Gasteiger partial charge in [-0.25, -0.2) is 14.2 Å². The highest BCUT2D eigenvalue weighted by molar-refractivity contribution is 5.93. The standard InChI is InChI=1S/C28H28FN3O5/c1-3-28(36)18-8-22-25-16(10-32(22)26(34)17(18)12-37-27(28)35)24-21(31-7-6-14(31)11-33)5-4-15-13(2)19(29)9-20(30-25)23(15)24/h8-9,14,21,33,36H,3-7,10-12H2,1-2H3/t14?,21?,28-/m0/s1. The number of pyridine rings is 2. The molecule has 5 heterocycles. The average Bonchev–Trinajstić information content (AvgIpc) is 3.24. The highest BCUT2D eigenvalue weighted by Crippen LogP contribution is 2.49. The summed E-state index contributed by atoms with van der Waals surface area (Å²) >= 11 is 0. The number of cyclic esters (lactones) is 1. The third-order valence-electron chi connectivity index (χ3n) is 9.15. The lowest BCUT2D eigenvalue weighted by atomic mass is 9.79. The summed E-state index contributed by atoms with van der Waals surface area (Å²) in [5.74, 6) is -1.07. The Morgan fingerprint density at radius 3 is 2.73 bits per heavy atom. The van der Waals surface area contributed by atoms with E-state index in [4.69, 9.17) is 9.72 Å². The molecule has 7 rings (SSSR count). The Morgan fingerprint density at radius 1 is 1.22 bits per heavy atom. The Balaban J connectivity index is 1.52. The predicted octanol–water partition coefficient (Wildman–Crippen LogP) is 2.58. The fraction of sp³-hybridized carbons (Fsp3) is 0.464. The minimum absolute atomic E-state index is 0.0274. The first kappa shape index (κ1) is 23.0. The van der Waals surface area contributed by atoms with Gasteiger partial charge in [-0.1, -0.05) is 6.92 Å². The zero-order chi connectivity index (χ0) is 25.8. The van der Waals surface area contributed by atoms with Crippen molar-refractivity contribution < 1.29 is 24.1 Å². The van der Waals surface area contributed by atoms with Crippen LogP contribution in [0.3, 0.4) is 0 Å². The summed E-state index contributed by atoms with van der Waals surface area (Å²) in [6, 6.07) is 3.27. The topological polar surface area (TPSA) is 105 Å². The second-order valence-corrected chi connectivity index (χ2v) is 10.7. The van der Waals surface area contributed by atoms with Crippen molar-refractivity contribution in [1.82, 2.24) is 14.5 Å². The second-order valence-electron chi connectivity index (χ2n) is 10.7. The number of aliphatic hydroxyl groups excluding tert-OH is 1. The predicted molar refractivity (Wildman–Crippen MR) is 132 cm³/mol. The number of rotatable bonds is 3. The van der Waals surface area contributed by atoms with Crippen LogP contribution in [-0.2, 0) is 34.7 Å². The lowest BCUT2D eigenvalue weighted by Gasteiger charge is -2.47. The number of hydrogen-bond acceptors (Lipinski definition) is 7. The van der Waals surface area contributed by atoms with Crippen molar-refractivity contribution in [2.45, 2.75) is 70.4 Å². The molecule has 1 saturated heterocycles. The van der Waals surface area contributed by atoms with E-state index in [1.165, 1.54) is 6.07 Å². The number of hydrogen-bond donors (Lipinski definition) is 2. The molecule has 0 saturated carbocycles. The second kappa shape index (κ2) is 7.69. The van der Waals surface area contributed by atoms with E-state index >= 15 is 4.39 Å². The smallest absolute Gasteiger partial charge is 0.343 e. The summed E-state index contributed by atoms with van der Waals surface area (Å²) < 4.78 is 21.8. The van der Waals surface area contributed by atoms with Gasteiger partial charge in [-0.05, 0) is 55.4 Å². The van der Waals surface area contributed by atoms with Gasteiger partial charge in [0, 0.05) is 41.2 Å². The fourth-order valence-corrected chi connectivity index (χ4v) is 6.93. The molecule has 8 nitrogen and oxygen atoms in total. The fourth-order valence-electron chi connectivity index (χ4n) is 6.93. The van der Waals surface area contributed by atoms with E-state index < -0.39 is 11.6 Å². The van der Waals surface area contributed by atoms with Crippen molar-refractivity contribution in [3.63, 3.8) is 0 Å². The molecule has 2 N–H and O–H groups in total. The van der Waals surface area contributed by atoms with Crippen molar-refractivity contribution in [1.29, 1.82) is 0 Å². The van der Waals surface area contributed by atoms with E-state index in [2.05, 4.69) is 4.90 Å². The molecule has 2 unspecified atom stereocenters. The highest BCUT2D eigenvalue weighted by atomic mass is 19.1. The number of likely N-dealkylation sites (tertiary alicyclic amines) is 1. The molecule has 2 aromatic heterocycles. The van der Waals surface area contributed by atoms with E-state index in [1.54, 1.807) is 24.5 Å². The Bertz CT molecular complexity index is 1600. The maximum atomic E-state index is 15.0. The van der Waals surface area contributed by atoms with Crippen molar-refractivity contribution in [3.05, 3.63) is 61.7 Å². The molecule has 9 heteroatoms. The van der Waals surface area contributed by atoms with Gasteiger partial charge in [0.25, 0.3) is 5.56 Å². The molecule has 3 aliphatic heterocycles. The normalized spacial score (nSPS) is 25.9. The summed E-state index contributed by atoms with van der Waals surface area (Å²) in [6.07, 6.45) is 2.50. The van der Waals surface area contributed by atoms with Crippen LogP contribution in [0.15, 0.2) is 16.9 Å². The molecule has 4 aliphatic rings. The zero-order valence-electron chi connectivity index (χ0n) is 20.8. The SMILES string of the molecule is CC[C@@]1(O)C(=O)OCc2c1cc1n(c2=O)Cc2c-1nc1cc(F)c(C)c3c1c2C(N1CCC1CO)CC3. The number of aliphatic hydroxyl groups is 2. The van der Waals surface area contributed by atoms with Crippen LogP contribution in [-0.4, -0.2) is 49.8 Å². The van der Waals surface area contributed by atoms with E-state index in [1.807, 2.05) is 0 Å². The largest absolute Gasteiger partial charge is 0.458 e. The van der Waals surface area contributed by atoms with Crippen LogP contribution in [0.2, 0.25) is 0 Å². The minimum atomic E-state index is -1.90. The van der Waals surface area contributed by atoms with Crippen molar-refractivity contribution in [3.8, 4) is 11.4 Å². The number of ether oxygens (including phenoxy) is 1. The summed E-state index contributed by atoms with van der Waals surface area (Å²) in [4.78, 5) is 33.4. The molecule has 0 bridgehead atoms. The lowest BCUT2D eigenvalue weighted by molar-refractivity contribution is -0.172. The van der Waals surface area contributed by atoms with Crippen LogP contribution in [0, 0.1) is 12.7 Å². The van der Waals surface area contributed by atoms with Gasteiger partial charge in [-0.2, -0.15) is 0 Å². The van der Waals surface area contributed by atoms with Crippen LogP contribution in [0.25, 0.3) is 22.3 Å². The molecule has 3 atom stereocenters. The van der Waals surface area contributed by atoms with Crippen molar-refractivity contribution in [2.24, 2.45) is 0 Å². The van der Waals surface area contributed by atoms with Crippen LogP contribution in [0.1, 0.15) is 65.6 Å². The molecule has 0 spiro atoms. The van der Waals surface area contributed by atoms with E-state index in [-0.39, 0.29) is 54.2 Å². The van der Waals surface area contributed by atoms with E-state index in [0.717, 1.165) is 47.9 Å². The Morgan fingerprint density at radius 2 is 2.03 bits per heavy atom. The van der Waals surface area contributed by atoms with Gasteiger partial charge in [0.2, 0.25) is 0 Å². The first-order chi connectivity index (χ1) is 17.8. The average molecular weight is 506 g/mol. The number of fused-ring (bicyclic) bond motifs is 5. The molecule has 192 valence electrons. The van der Waals surface area contributed by atoms with Crippen molar-refractivity contribution >= 4 is 16.9 Å². The van der Waals surface area contributed by atoms with Gasteiger partial charge in [0.15, 0.2) is 5.60 Å². The van der Waals surface area contributed by atoms with Gasteiger partial charge in [-0.15, -0.1) is 0 Å². The molecule has 1 aliphatic carbocycles. The van der Waals surface area contributed by atoms with Gasteiger partial charge >= 0.3 is 5.97 Å². The number of aromatic nitrogens is 2. The monoisotopic (exact) mass is 505 g/mol. The summed E-state index contributed by atoms with van der Waals surface area (Å²) in [6.45, 7) is 4.55. The van der Waals surface area contributed by atoms with Gasteiger partial charge in [0.1, 0.15) is 12.4 Å². The quantitative estimate of drug-likeness (QED) is 0.413. The number of carbonyl (C=O) groups excluding carboxylic acids is 1. The summed E-state index contributed by atoms with van der Waals surface area (Å²) in [7, 11) is 0. The summed E-state index contributed by atoms with van der Waals surface area (Å²) in [5, 5.41) is 22.1. The molecule has 1 fully saturated rings. The number of aryl methyl sites for hydroxylation is 1. The Kier molecular flexibility index (Phi) is 4.78. The summed E-state index contributed by atoms with van der Waals surface area (Å²) in [5.41, 5.74) is 3.54. The molecule has 3 aromatic rings. The molecule has 0 radical (unpaired) electrons. The Labute approximate surface area is 212 Å². The Hall–Kier alpha value is -3.14. The minimum Gasteiger partial charge on any atom is -0.458 e. The molecule has 1 aromatic carbocycles. The molecule has 37 heavy (non-hydrogen) atoms. The number of benzene rings is 1. The zero-order valence-corrected chi connectivity index (χ0v) is 20.8. The first-order valence-electron chi connectivity index (χ1n) is 13.0. The molecular formula is C28H28FN3O5. The maximum Gasteiger partial charge on any atom is 0.343 e. The van der Waals surface area contributed by atoms with Crippen LogP contribution in [0.5, 0.6) is 0 Å². The number of halogens is 1. The third kappa shape index (κ3) is 2.85. The number of esters is 1. The lowest BCUT2D eigenvalue weighted by Crippen LogP contribution is -2.52. The molecule has 0 amide bonds. The number of nitrogens with zero attached hydrogens (tertiary/aromatic N) is 3. The maximum absolute atomic E-state index is 15.0. The van der Waals surface area contributed by atoms with Crippen LogP contribution >= 0.6 is 0 Å². The van der Waals surface area contributed by atoms with Crippen LogP contribution in [0.4, 0.5) is 4.39 Å². The van der Waals surface area contributed by atoms with E-state index in [9.17, 15) is 19.8 Å². The van der Waals surface area contributed by atoms with Crippen LogP contribution < -0.4 is 5.56 Å². The van der Waals surface area contributed by atoms with Gasteiger partial charge < -0.3 is 19.5 Å². The van der Waals surface area contributed by atoms with Gasteiger partial charge in [0.05, 0.1) is 35.6 Å². The van der Waals surface area contributed by atoms with Gasteiger partial charge in [-0.3, -0.25) is 9.69 Å². The molecular weight excluding hydrogens is 477 g/mol. The van der Waals surface area contributed by atoms with E-state index in [0.29, 0.717) is 29.0 Å². The van der Waals surface area contributed by atoms with Crippen molar-refractivity contribution in [2.75, 3.05) is 13.2 Å². The third-order valence-corrected chi connectivity index (χ3v) is 9.15. The highest BCUT2D eigenvalue weighted by Gasteiger charge is 2.46. The number of carbonyl (C=O) groups is 1.